The summed E-state index contributed by atoms with van der Waals surface area (Å²) in [5.41, 5.74) is 1.25. The number of alkyl halides is 2. The second kappa shape index (κ2) is 8.97. The lowest BCUT2D eigenvalue weighted by Gasteiger charge is -2.49. The van der Waals surface area contributed by atoms with E-state index in [1.165, 1.54) is 6.20 Å². The number of imidazole rings is 1. The van der Waals surface area contributed by atoms with Crippen molar-refractivity contribution in [2.24, 2.45) is 5.41 Å². The third kappa shape index (κ3) is 4.55. The number of sulfonamides is 1. The maximum Gasteiger partial charge on any atom is 0.291 e. The summed E-state index contributed by atoms with van der Waals surface area (Å²) in [5, 5.41) is 17.5. The van der Waals surface area contributed by atoms with Crippen molar-refractivity contribution < 1.29 is 27.1 Å². The predicted molar refractivity (Wildman–Crippen MR) is 128 cm³/mol. The van der Waals surface area contributed by atoms with E-state index in [1.54, 1.807) is 16.7 Å². The van der Waals surface area contributed by atoms with E-state index in [9.17, 15) is 17.2 Å². The zero-order valence-electron chi connectivity index (χ0n) is 19.3. The lowest BCUT2D eigenvalue weighted by Crippen LogP contribution is -2.57. The minimum Gasteiger partial charge on any atom is -0.483 e. The molecule has 3 aromatic rings. The molecule has 1 spiro atoms. The number of nitrogens with zero attached hydrogens (tertiary/aromatic N) is 5. The summed E-state index contributed by atoms with van der Waals surface area (Å²) in [6.07, 6.45) is 3.07. The van der Waals surface area contributed by atoms with Crippen LogP contribution in [0.4, 0.5) is 14.5 Å². The number of pyridine rings is 1. The molecule has 1 aliphatic carbocycles. The van der Waals surface area contributed by atoms with Gasteiger partial charge in [-0.05, 0) is 38.8 Å². The van der Waals surface area contributed by atoms with E-state index in [4.69, 9.17) is 9.90 Å². The van der Waals surface area contributed by atoms with Crippen LogP contribution in [0.2, 0.25) is 0 Å². The normalized spacial score (nSPS) is 19.8. The van der Waals surface area contributed by atoms with E-state index in [-0.39, 0.29) is 21.8 Å². The Morgan fingerprint density at radius 2 is 2.00 bits per heavy atom. The van der Waals surface area contributed by atoms with Gasteiger partial charge in [0.05, 0.1) is 17.4 Å². The van der Waals surface area contributed by atoms with Crippen LogP contribution in [0.15, 0.2) is 23.4 Å². The SMILES string of the molecule is CC1(NS(=O)(=O)c2cc(N3CC4(CCNC4)C3)c3cnc(-c4nnc(C(F)F)s4)n3c2)CC1.O=CO. The molecule has 15 heteroatoms. The molecule has 0 aromatic carbocycles. The molecule has 3 aromatic heterocycles. The van der Waals surface area contributed by atoms with Crippen LogP contribution in [-0.2, 0) is 14.8 Å². The molecule has 3 fully saturated rings. The van der Waals surface area contributed by atoms with Crippen LogP contribution in [0.1, 0.15) is 37.6 Å². The Bertz CT molecular complexity index is 1390. The van der Waals surface area contributed by atoms with E-state index >= 15 is 0 Å². The topological polar surface area (TPSA) is 142 Å². The fourth-order valence-corrected chi connectivity index (χ4v) is 6.87. The highest BCUT2D eigenvalue weighted by molar-refractivity contribution is 7.89. The van der Waals surface area contributed by atoms with E-state index < -0.39 is 27.0 Å². The molecule has 0 unspecified atom stereocenters. The first-order chi connectivity index (χ1) is 17.1. The molecule has 36 heavy (non-hydrogen) atoms. The van der Waals surface area contributed by atoms with Gasteiger partial charge in [-0.25, -0.2) is 26.9 Å². The van der Waals surface area contributed by atoms with Crippen molar-refractivity contribution >= 4 is 39.0 Å². The molecule has 3 aliphatic rings. The second-order valence-electron chi connectivity index (χ2n) is 9.70. The number of aromatic nitrogens is 4. The van der Waals surface area contributed by atoms with Crippen LogP contribution >= 0.6 is 11.3 Å². The average Bonchev–Trinajstić information content (AvgIpc) is 3.27. The summed E-state index contributed by atoms with van der Waals surface area (Å²) in [7, 11) is -3.79. The molecule has 0 atom stereocenters. The molecule has 0 amide bonds. The fourth-order valence-electron chi connectivity index (χ4n) is 4.70. The summed E-state index contributed by atoms with van der Waals surface area (Å²) < 4.78 is 57.0. The maximum absolute atomic E-state index is 13.2. The van der Waals surface area contributed by atoms with E-state index in [0.717, 1.165) is 62.5 Å². The highest BCUT2D eigenvalue weighted by atomic mass is 32.2. The standard InChI is InChI=1S/C20H23F2N7O2S2.CH2O2/c1-19(2-3-19)27-33(30,31)12-6-13(28-10-20(11-28)4-5-23-9-20)14-7-24-16(29(14)8-12)18-26-25-17(32-18)15(21)22;2-1-3/h6-8,15,23,27H,2-5,9-11H2,1H3;1H,(H,2,3). The summed E-state index contributed by atoms with van der Waals surface area (Å²) in [6, 6.07) is 1.69. The largest absolute Gasteiger partial charge is 0.483 e. The molecule has 1 saturated carbocycles. The summed E-state index contributed by atoms with van der Waals surface area (Å²) >= 11 is 0.754. The van der Waals surface area contributed by atoms with Gasteiger partial charge in [-0.2, -0.15) is 0 Å². The number of carboxylic acid groups (broad SMARTS) is 1. The van der Waals surface area contributed by atoms with Gasteiger partial charge in [-0.15, -0.1) is 10.2 Å². The number of hydrogen-bond donors (Lipinski definition) is 3. The molecule has 3 N–H and O–H groups in total. The average molecular weight is 542 g/mol. The van der Waals surface area contributed by atoms with E-state index in [1.807, 2.05) is 6.92 Å². The van der Waals surface area contributed by atoms with Crippen LogP contribution in [0.25, 0.3) is 16.3 Å². The first-order valence-electron chi connectivity index (χ1n) is 11.3. The second-order valence-corrected chi connectivity index (χ2v) is 12.4. The number of rotatable bonds is 6. The van der Waals surface area contributed by atoms with Gasteiger partial charge < -0.3 is 15.3 Å². The smallest absolute Gasteiger partial charge is 0.291 e. The quantitative estimate of drug-likeness (QED) is 0.400. The Hall–Kier alpha value is -2.75. The van der Waals surface area contributed by atoms with Crippen molar-refractivity contribution in [1.29, 1.82) is 0 Å². The number of halogens is 2. The number of carbonyl (C=O) groups is 1. The first kappa shape index (κ1) is 24.9. The van der Waals surface area contributed by atoms with Gasteiger partial charge in [0.1, 0.15) is 4.90 Å². The van der Waals surface area contributed by atoms with Crippen LogP contribution in [-0.4, -0.2) is 71.3 Å². The molecule has 2 aliphatic heterocycles. The molecule has 6 rings (SSSR count). The molecule has 11 nitrogen and oxygen atoms in total. The summed E-state index contributed by atoms with van der Waals surface area (Å²) in [4.78, 5) is 15.0. The minimum absolute atomic E-state index is 0.112. The number of nitrogens with one attached hydrogen (secondary N) is 2. The highest BCUT2D eigenvalue weighted by Gasteiger charge is 2.46. The van der Waals surface area contributed by atoms with Gasteiger partial charge in [-0.3, -0.25) is 9.20 Å². The number of hydrogen-bond acceptors (Lipinski definition) is 9. The van der Waals surface area contributed by atoms with Gasteiger partial charge in [0.15, 0.2) is 15.8 Å². The van der Waals surface area contributed by atoms with Crippen molar-refractivity contribution in [3.63, 3.8) is 0 Å². The maximum atomic E-state index is 13.2. The van der Waals surface area contributed by atoms with Gasteiger partial charge in [0, 0.05) is 36.8 Å². The lowest BCUT2D eigenvalue weighted by atomic mass is 9.79. The van der Waals surface area contributed by atoms with Crippen molar-refractivity contribution in [3.8, 4) is 10.8 Å². The zero-order valence-corrected chi connectivity index (χ0v) is 20.9. The van der Waals surface area contributed by atoms with Crippen molar-refractivity contribution in [3.05, 3.63) is 23.5 Å². The third-order valence-electron chi connectivity index (χ3n) is 6.83. The third-order valence-corrected chi connectivity index (χ3v) is 9.36. The summed E-state index contributed by atoms with van der Waals surface area (Å²) in [5.74, 6) is 0.295. The van der Waals surface area contributed by atoms with Gasteiger partial charge >= 0.3 is 0 Å². The monoisotopic (exact) mass is 541 g/mol. The van der Waals surface area contributed by atoms with Crippen molar-refractivity contribution in [2.45, 2.75) is 43.0 Å². The van der Waals surface area contributed by atoms with Crippen molar-refractivity contribution in [1.82, 2.24) is 29.6 Å². The minimum atomic E-state index is -3.79. The predicted octanol–water partition coefficient (Wildman–Crippen LogP) is 2.12. The van der Waals surface area contributed by atoms with Crippen molar-refractivity contribution in [2.75, 3.05) is 31.1 Å². The molecule has 194 valence electrons. The Kier molecular flexibility index (Phi) is 6.21. The van der Waals surface area contributed by atoms with Crippen LogP contribution in [0, 0.1) is 5.41 Å². The van der Waals surface area contributed by atoms with Crippen LogP contribution < -0.4 is 14.9 Å². The van der Waals surface area contributed by atoms with Crippen LogP contribution in [0.3, 0.4) is 0 Å². The molecular formula is C21H25F2N7O4S2. The summed E-state index contributed by atoms with van der Waals surface area (Å²) in [6.45, 7) is 5.20. The fraction of sp³-hybridized carbons (Fsp3) is 0.524. The number of anilines is 1. The Morgan fingerprint density at radius 3 is 2.58 bits per heavy atom. The molecular weight excluding hydrogens is 516 g/mol. The molecule has 0 radical (unpaired) electrons. The van der Waals surface area contributed by atoms with Gasteiger partial charge in [-0.1, -0.05) is 11.3 Å². The number of fused-ring (bicyclic) bond motifs is 1. The van der Waals surface area contributed by atoms with E-state index in [2.05, 4.69) is 30.1 Å². The Labute approximate surface area is 209 Å². The Balaban J connectivity index is 0.000000848. The van der Waals surface area contributed by atoms with Gasteiger partial charge in [0.2, 0.25) is 10.0 Å². The molecule has 5 heterocycles. The van der Waals surface area contributed by atoms with Crippen LogP contribution in [0.5, 0.6) is 0 Å². The zero-order chi connectivity index (χ0) is 25.7. The molecule has 0 bridgehead atoms. The highest BCUT2D eigenvalue weighted by Crippen LogP contribution is 2.42. The van der Waals surface area contributed by atoms with E-state index in [0.29, 0.717) is 11.3 Å². The first-order valence-corrected chi connectivity index (χ1v) is 13.6. The Morgan fingerprint density at radius 1 is 1.28 bits per heavy atom. The molecule has 2 saturated heterocycles. The van der Waals surface area contributed by atoms with Gasteiger partial charge in [0.25, 0.3) is 12.9 Å². The lowest BCUT2D eigenvalue weighted by molar-refractivity contribution is -0.122.